The number of likely N-dealkylation sites (tertiary alicyclic amines) is 1. The molecule has 1 aromatic rings. The normalized spacial score (nSPS) is 18.9. The molecule has 2 rings (SSSR count). The molecule has 0 aliphatic carbocycles. The van der Waals surface area contributed by atoms with Gasteiger partial charge in [-0.3, -0.25) is 9.69 Å². The van der Waals surface area contributed by atoms with Gasteiger partial charge in [-0.2, -0.15) is 0 Å². The van der Waals surface area contributed by atoms with Crippen LogP contribution in [-0.2, 0) is 4.79 Å². The molecule has 0 saturated carbocycles. The van der Waals surface area contributed by atoms with Crippen LogP contribution in [0.2, 0.25) is 0 Å². The molecule has 1 fully saturated rings. The summed E-state index contributed by atoms with van der Waals surface area (Å²) < 4.78 is 0. The number of carbonyl (C=O) groups is 1. The highest BCUT2D eigenvalue weighted by molar-refractivity contribution is 5.67. The van der Waals surface area contributed by atoms with Crippen molar-refractivity contribution in [3.63, 3.8) is 0 Å². The van der Waals surface area contributed by atoms with Crippen molar-refractivity contribution in [1.82, 2.24) is 4.90 Å². The maximum atomic E-state index is 10.8. The fourth-order valence-corrected chi connectivity index (χ4v) is 3.20. The second kappa shape index (κ2) is 6.40. The fourth-order valence-electron chi connectivity index (χ4n) is 3.20. The SMILES string of the molecule is Cc1ccc(C)c(C(C)N2CCC(CC(=O)O)CC2)c1. The molecule has 0 amide bonds. The summed E-state index contributed by atoms with van der Waals surface area (Å²) in [4.78, 5) is 13.3. The van der Waals surface area contributed by atoms with E-state index >= 15 is 0 Å². The molecule has 3 heteroatoms. The number of aliphatic carboxylic acids is 1. The minimum atomic E-state index is -0.661. The van der Waals surface area contributed by atoms with Crippen LogP contribution in [0, 0.1) is 19.8 Å². The highest BCUT2D eigenvalue weighted by Gasteiger charge is 2.25. The van der Waals surface area contributed by atoms with Crippen LogP contribution in [-0.4, -0.2) is 29.1 Å². The number of hydrogen-bond acceptors (Lipinski definition) is 2. The summed E-state index contributed by atoms with van der Waals surface area (Å²) in [5.74, 6) is -0.305. The summed E-state index contributed by atoms with van der Waals surface area (Å²) in [6, 6.07) is 7.05. The summed E-state index contributed by atoms with van der Waals surface area (Å²) in [6.07, 6.45) is 2.33. The zero-order valence-corrected chi connectivity index (χ0v) is 12.7. The van der Waals surface area contributed by atoms with E-state index in [0.29, 0.717) is 18.4 Å². The third-order valence-corrected chi connectivity index (χ3v) is 4.54. The van der Waals surface area contributed by atoms with Crippen molar-refractivity contribution in [3.8, 4) is 0 Å². The first-order valence-electron chi connectivity index (χ1n) is 7.50. The number of rotatable bonds is 4. The molecule has 1 aromatic carbocycles. The lowest BCUT2D eigenvalue weighted by molar-refractivity contribution is -0.138. The van der Waals surface area contributed by atoms with E-state index < -0.39 is 5.97 Å². The molecule has 3 nitrogen and oxygen atoms in total. The molecule has 0 radical (unpaired) electrons. The van der Waals surface area contributed by atoms with Crippen LogP contribution >= 0.6 is 0 Å². The van der Waals surface area contributed by atoms with E-state index in [2.05, 4.69) is 43.9 Å². The van der Waals surface area contributed by atoms with Gasteiger partial charge in [-0.1, -0.05) is 23.8 Å². The van der Waals surface area contributed by atoms with Crippen LogP contribution in [0.3, 0.4) is 0 Å². The Morgan fingerprint density at radius 1 is 1.35 bits per heavy atom. The summed E-state index contributed by atoms with van der Waals surface area (Å²) in [7, 11) is 0. The Bertz CT molecular complexity index is 476. The van der Waals surface area contributed by atoms with Crippen LogP contribution in [0.1, 0.15) is 48.9 Å². The van der Waals surface area contributed by atoms with E-state index in [0.717, 1.165) is 25.9 Å². The highest BCUT2D eigenvalue weighted by atomic mass is 16.4. The minimum Gasteiger partial charge on any atom is -0.481 e. The quantitative estimate of drug-likeness (QED) is 0.913. The lowest BCUT2D eigenvalue weighted by atomic mass is 9.91. The number of hydrogen-bond donors (Lipinski definition) is 1. The first-order valence-corrected chi connectivity index (χ1v) is 7.50. The van der Waals surface area contributed by atoms with Gasteiger partial charge in [-0.05, 0) is 63.7 Å². The van der Waals surface area contributed by atoms with E-state index in [1.54, 1.807) is 0 Å². The van der Waals surface area contributed by atoms with E-state index in [-0.39, 0.29) is 0 Å². The molecular weight excluding hydrogens is 250 g/mol. The Kier molecular flexibility index (Phi) is 4.81. The Hall–Kier alpha value is -1.35. The Morgan fingerprint density at radius 2 is 2.00 bits per heavy atom. The van der Waals surface area contributed by atoms with Gasteiger partial charge in [0.05, 0.1) is 0 Å². The van der Waals surface area contributed by atoms with Crippen LogP contribution in [0.15, 0.2) is 18.2 Å². The maximum absolute atomic E-state index is 10.8. The van der Waals surface area contributed by atoms with Gasteiger partial charge in [0.15, 0.2) is 0 Å². The van der Waals surface area contributed by atoms with Crippen molar-refractivity contribution in [2.45, 2.75) is 46.1 Å². The number of benzene rings is 1. The molecule has 0 aromatic heterocycles. The standard InChI is InChI=1S/C17H25NO2/c1-12-4-5-13(2)16(10-12)14(3)18-8-6-15(7-9-18)11-17(19)20/h4-5,10,14-15H,6-9,11H2,1-3H3,(H,19,20). The number of piperidine rings is 1. The first-order chi connectivity index (χ1) is 9.47. The van der Waals surface area contributed by atoms with Crippen molar-refractivity contribution in [3.05, 3.63) is 34.9 Å². The Balaban J connectivity index is 1.99. The van der Waals surface area contributed by atoms with Gasteiger partial charge in [-0.15, -0.1) is 0 Å². The molecule has 1 aliphatic rings. The molecule has 110 valence electrons. The van der Waals surface area contributed by atoms with E-state index in [1.165, 1.54) is 16.7 Å². The molecular formula is C17H25NO2. The molecule has 0 bridgehead atoms. The van der Waals surface area contributed by atoms with Gasteiger partial charge >= 0.3 is 5.97 Å². The van der Waals surface area contributed by atoms with Crippen LogP contribution < -0.4 is 0 Å². The zero-order chi connectivity index (χ0) is 14.7. The second-order valence-electron chi connectivity index (χ2n) is 6.11. The number of carboxylic acid groups (broad SMARTS) is 1. The monoisotopic (exact) mass is 275 g/mol. The molecule has 1 aliphatic heterocycles. The second-order valence-corrected chi connectivity index (χ2v) is 6.11. The third kappa shape index (κ3) is 3.60. The summed E-state index contributed by atoms with van der Waals surface area (Å²) in [5, 5.41) is 8.87. The van der Waals surface area contributed by atoms with Crippen molar-refractivity contribution in [1.29, 1.82) is 0 Å². The van der Waals surface area contributed by atoms with Gasteiger partial charge in [0.25, 0.3) is 0 Å². The predicted molar refractivity (Wildman–Crippen MR) is 80.9 cm³/mol. The first kappa shape index (κ1) is 15.0. The average molecular weight is 275 g/mol. The summed E-state index contributed by atoms with van der Waals surface area (Å²) in [5.41, 5.74) is 4.05. The molecule has 1 N–H and O–H groups in total. The summed E-state index contributed by atoms with van der Waals surface area (Å²) >= 11 is 0. The number of carboxylic acids is 1. The smallest absolute Gasteiger partial charge is 0.303 e. The molecule has 1 unspecified atom stereocenters. The van der Waals surface area contributed by atoms with Crippen molar-refractivity contribution in [2.75, 3.05) is 13.1 Å². The van der Waals surface area contributed by atoms with E-state index in [9.17, 15) is 4.79 Å². The van der Waals surface area contributed by atoms with Gasteiger partial charge in [0.2, 0.25) is 0 Å². The van der Waals surface area contributed by atoms with E-state index in [1.807, 2.05) is 0 Å². The lowest BCUT2D eigenvalue weighted by Gasteiger charge is -2.36. The van der Waals surface area contributed by atoms with Crippen molar-refractivity contribution in [2.24, 2.45) is 5.92 Å². The van der Waals surface area contributed by atoms with Gasteiger partial charge < -0.3 is 5.11 Å². The molecule has 0 spiro atoms. The lowest BCUT2D eigenvalue weighted by Crippen LogP contribution is -2.36. The van der Waals surface area contributed by atoms with E-state index in [4.69, 9.17) is 5.11 Å². The van der Waals surface area contributed by atoms with Crippen LogP contribution in [0.4, 0.5) is 0 Å². The maximum Gasteiger partial charge on any atom is 0.303 e. The van der Waals surface area contributed by atoms with Crippen molar-refractivity contribution >= 4 is 5.97 Å². The van der Waals surface area contributed by atoms with Gasteiger partial charge in [0, 0.05) is 12.5 Å². The van der Waals surface area contributed by atoms with Crippen LogP contribution in [0.5, 0.6) is 0 Å². The largest absolute Gasteiger partial charge is 0.481 e. The third-order valence-electron chi connectivity index (χ3n) is 4.54. The number of aryl methyl sites for hydroxylation is 2. The predicted octanol–water partition coefficient (Wildman–Crippen LogP) is 3.55. The van der Waals surface area contributed by atoms with Crippen LogP contribution in [0.25, 0.3) is 0 Å². The summed E-state index contributed by atoms with van der Waals surface area (Å²) in [6.45, 7) is 8.58. The van der Waals surface area contributed by atoms with Crippen molar-refractivity contribution < 1.29 is 9.90 Å². The molecule has 20 heavy (non-hydrogen) atoms. The zero-order valence-electron chi connectivity index (χ0n) is 12.7. The number of nitrogens with zero attached hydrogens (tertiary/aromatic N) is 1. The molecule has 1 atom stereocenters. The Morgan fingerprint density at radius 3 is 2.60 bits per heavy atom. The average Bonchev–Trinajstić information content (AvgIpc) is 2.41. The fraction of sp³-hybridized carbons (Fsp3) is 0.588. The highest BCUT2D eigenvalue weighted by Crippen LogP contribution is 2.29. The molecule has 1 saturated heterocycles. The molecule has 1 heterocycles. The minimum absolute atomic E-state index is 0.325. The van der Waals surface area contributed by atoms with Gasteiger partial charge in [0.1, 0.15) is 0 Å². The Labute approximate surface area is 121 Å². The topological polar surface area (TPSA) is 40.5 Å². The van der Waals surface area contributed by atoms with Gasteiger partial charge in [-0.25, -0.2) is 0 Å².